The fourth-order valence-corrected chi connectivity index (χ4v) is 2.04. The van der Waals surface area contributed by atoms with Crippen LogP contribution in [0.1, 0.15) is 15.9 Å². The van der Waals surface area contributed by atoms with Gasteiger partial charge >= 0.3 is 5.97 Å². The summed E-state index contributed by atoms with van der Waals surface area (Å²) in [6.07, 6.45) is 0. The smallest absolute Gasteiger partial charge is 0.336 e. The Bertz CT molecular complexity index is 588. The van der Waals surface area contributed by atoms with E-state index < -0.39 is 5.97 Å². The van der Waals surface area contributed by atoms with Crippen LogP contribution in [0.2, 0.25) is 0 Å². The van der Waals surface area contributed by atoms with Crippen LogP contribution in [0.25, 0.3) is 11.1 Å². The van der Waals surface area contributed by atoms with E-state index in [4.69, 9.17) is 4.74 Å². The second-order valence-electron chi connectivity index (χ2n) is 4.00. The monoisotopic (exact) mass is 242 g/mol. The molecule has 3 nitrogen and oxygen atoms in total. The largest absolute Gasteiger partial charge is 0.496 e. The van der Waals surface area contributed by atoms with E-state index in [2.05, 4.69) is 0 Å². The van der Waals surface area contributed by atoms with E-state index in [0.29, 0.717) is 11.3 Å². The van der Waals surface area contributed by atoms with Crippen LogP contribution in [-0.2, 0) is 0 Å². The van der Waals surface area contributed by atoms with Gasteiger partial charge < -0.3 is 9.84 Å². The number of ether oxygens (including phenoxy) is 1. The first-order valence-corrected chi connectivity index (χ1v) is 5.61. The molecule has 0 heterocycles. The number of aryl methyl sites for hydroxylation is 1. The Hall–Kier alpha value is -2.29. The third-order valence-corrected chi connectivity index (χ3v) is 2.88. The molecule has 0 aliphatic rings. The first kappa shape index (κ1) is 12.2. The molecule has 0 fully saturated rings. The molecule has 92 valence electrons. The summed E-state index contributed by atoms with van der Waals surface area (Å²) in [7, 11) is 1.58. The second kappa shape index (κ2) is 4.92. The predicted molar refractivity (Wildman–Crippen MR) is 70.1 cm³/mol. The molecule has 0 saturated heterocycles. The van der Waals surface area contributed by atoms with Crippen LogP contribution in [0.5, 0.6) is 5.75 Å². The van der Waals surface area contributed by atoms with Crippen molar-refractivity contribution < 1.29 is 14.6 Å². The van der Waals surface area contributed by atoms with Crippen molar-refractivity contribution in [2.45, 2.75) is 6.92 Å². The van der Waals surface area contributed by atoms with Crippen molar-refractivity contribution in [1.82, 2.24) is 0 Å². The van der Waals surface area contributed by atoms with Crippen molar-refractivity contribution in [3.63, 3.8) is 0 Å². The van der Waals surface area contributed by atoms with Gasteiger partial charge in [-0.2, -0.15) is 0 Å². The van der Waals surface area contributed by atoms with Gasteiger partial charge in [0.1, 0.15) is 5.75 Å². The van der Waals surface area contributed by atoms with Crippen molar-refractivity contribution in [2.24, 2.45) is 0 Å². The van der Waals surface area contributed by atoms with Crippen LogP contribution < -0.4 is 4.74 Å². The fraction of sp³-hybridized carbons (Fsp3) is 0.133. The number of hydrogen-bond acceptors (Lipinski definition) is 2. The molecule has 2 aromatic carbocycles. The minimum Gasteiger partial charge on any atom is -0.496 e. The van der Waals surface area contributed by atoms with E-state index in [1.807, 2.05) is 31.2 Å². The number of benzene rings is 2. The lowest BCUT2D eigenvalue weighted by Crippen LogP contribution is -2.01. The van der Waals surface area contributed by atoms with Crippen LogP contribution in [0, 0.1) is 6.92 Å². The Morgan fingerprint density at radius 2 is 1.83 bits per heavy atom. The van der Waals surface area contributed by atoms with Crippen LogP contribution in [0.15, 0.2) is 42.5 Å². The molecule has 2 rings (SSSR count). The average Bonchev–Trinajstić information content (AvgIpc) is 2.38. The van der Waals surface area contributed by atoms with Gasteiger partial charge in [0.15, 0.2) is 0 Å². The zero-order valence-corrected chi connectivity index (χ0v) is 10.3. The van der Waals surface area contributed by atoms with Crippen LogP contribution in [-0.4, -0.2) is 18.2 Å². The maximum absolute atomic E-state index is 11.3. The lowest BCUT2D eigenvalue weighted by molar-refractivity contribution is 0.0698. The molecule has 2 aromatic rings. The molecule has 18 heavy (non-hydrogen) atoms. The molecule has 0 saturated carbocycles. The maximum atomic E-state index is 11.3. The van der Waals surface area contributed by atoms with Crippen LogP contribution in [0.4, 0.5) is 0 Å². The minimum atomic E-state index is -0.934. The van der Waals surface area contributed by atoms with Gasteiger partial charge in [-0.05, 0) is 24.6 Å². The van der Waals surface area contributed by atoms with Gasteiger partial charge in [-0.15, -0.1) is 0 Å². The second-order valence-corrected chi connectivity index (χ2v) is 4.00. The Labute approximate surface area is 106 Å². The molecule has 0 spiro atoms. The van der Waals surface area contributed by atoms with E-state index in [0.717, 1.165) is 11.1 Å². The summed E-state index contributed by atoms with van der Waals surface area (Å²) in [4.78, 5) is 11.3. The molecule has 3 heteroatoms. The highest BCUT2D eigenvalue weighted by Crippen LogP contribution is 2.35. The topological polar surface area (TPSA) is 46.5 Å². The van der Waals surface area contributed by atoms with Gasteiger partial charge in [-0.3, -0.25) is 0 Å². The normalized spacial score (nSPS) is 10.1. The summed E-state index contributed by atoms with van der Waals surface area (Å²) in [6, 6.07) is 12.6. The Morgan fingerprint density at radius 1 is 1.11 bits per heavy atom. The minimum absolute atomic E-state index is 0.283. The van der Waals surface area contributed by atoms with Crippen molar-refractivity contribution in [1.29, 1.82) is 0 Å². The molecule has 0 amide bonds. The van der Waals surface area contributed by atoms with E-state index in [-0.39, 0.29) is 5.56 Å². The van der Waals surface area contributed by atoms with Gasteiger partial charge in [-0.25, -0.2) is 4.79 Å². The lowest BCUT2D eigenvalue weighted by atomic mass is 9.95. The Morgan fingerprint density at radius 3 is 2.50 bits per heavy atom. The number of methoxy groups -OCH3 is 1. The third kappa shape index (κ3) is 2.07. The molecule has 0 atom stereocenters. The van der Waals surface area contributed by atoms with Gasteiger partial charge in [0.2, 0.25) is 0 Å². The first-order valence-electron chi connectivity index (χ1n) is 5.61. The molecular formula is C15H14O3. The average molecular weight is 242 g/mol. The fourth-order valence-electron chi connectivity index (χ4n) is 2.04. The van der Waals surface area contributed by atoms with Crippen LogP contribution in [0.3, 0.4) is 0 Å². The summed E-state index contributed by atoms with van der Waals surface area (Å²) < 4.78 is 5.32. The molecule has 1 N–H and O–H groups in total. The predicted octanol–water partition coefficient (Wildman–Crippen LogP) is 3.37. The quantitative estimate of drug-likeness (QED) is 0.897. The molecule has 0 aliphatic heterocycles. The SMILES string of the molecule is COc1cccc(C)c1-c1ccccc1C(=O)O. The van der Waals surface area contributed by atoms with E-state index in [9.17, 15) is 9.90 Å². The van der Waals surface area contributed by atoms with Crippen molar-refractivity contribution in [3.05, 3.63) is 53.6 Å². The first-order chi connectivity index (χ1) is 8.65. The third-order valence-electron chi connectivity index (χ3n) is 2.88. The number of rotatable bonds is 3. The summed E-state index contributed by atoms with van der Waals surface area (Å²) in [5.41, 5.74) is 2.78. The number of carbonyl (C=O) groups is 1. The van der Waals surface area contributed by atoms with E-state index in [1.54, 1.807) is 25.3 Å². The molecule has 0 radical (unpaired) electrons. The summed E-state index contributed by atoms with van der Waals surface area (Å²) in [6.45, 7) is 1.94. The summed E-state index contributed by atoms with van der Waals surface area (Å²) in [5, 5.41) is 9.24. The van der Waals surface area contributed by atoms with Gasteiger partial charge in [0, 0.05) is 11.1 Å². The lowest BCUT2D eigenvalue weighted by Gasteiger charge is -2.13. The highest BCUT2D eigenvalue weighted by atomic mass is 16.5. The maximum Gasteiger partial charge on any atom is 0.336 e. The molecule has 0 aliphatic carbocycles. The van der Waals surface area contributed by atoms with Gasteiger partial charge in [0.05, 0.1) is 12.7 Å². The summed E-state index contributed by atoms with van der Waals surface area (Å²) in [5.74, 6) is -0.250. The Balaban J connectivity index is 2.73. The molecular weight excluding hydrogens is 228 g/mol. The zero-order valence-electron chi connectivity index (χ0n) is 10.3. The van der Waals surface area contributed by atoms with Crippen LogP contribution >= 0.6 is 0 Å². The van der Waals surface area contributed by atoms with Gasteiger partial charge in [0.25, 0.3) is 0 Å². The zero-order chi connectivity index (χ0) is 13.1. The van der Waals surface area contributed by atoms with Crippen molar-refractivity contribution >= 4 is 5.97 Å². The van der Waals surface area contributed by atoms with Crippen molar-refractivity contribution in [2.75, 3.05) is 7.11 Å². The summed E-state index contributed by atoms with van der Waals surface area (Å²) >= 11 is 0. The number of aromatic carboxylic acids is 1. The Kier molecular flexibility index (Phi) is 3.33. The molecule has 0 bridgehead atoms. The van der Waals surface area contributed by atoms with Crippen molar-refractivity contribution in [3.8, 4) is 16.9 Å². The van der Waals surface area contributed by atoms with E-state index >= 15 is 0 Å². The highest BCUT2D eigenvalue weighted by Gasteiger charge is 2.15. The molecule has 0 aromatic heterocycles. The standard InChI is InChI=1S/C15H14O3/c1-10-6-5-9-13(18-2)14(10)11-7-3-4-8-12(11)15(16)17/h3-9H,1-2H3,(H,16,17). The number of carboxylic acid groups (broad SMARTS) is 1. The van der Waals surface area contributed by atoms with E-state index in [1.165, 1.54) is 0 Å². The number of carboxylic acids is 1. The highest BCUT2D eigenvalue weighted by molar-refractivity contribution is 5.97. The number of hydrogen-bond donors (Lipinski definition) is 1. The van der Waals surface area contributed by atoms with Gasteiger partial charge in [-0.1, -0.05) is 30.3 Å². The molecule has 0 unspecified atom stereocenters.